The van der Waals surface area contributed by atoms with Gasteiger partial charge in [-0.25, -0.2) is 4.98 Å². The highest BCUT2D eigenvalue weighted by Crippen LogP contribution is 2.35. The maximum atomic E-state index is 5.24. The third kappa shape index (κ3) is 4.17. The number of anilines is 1. The number of rotatable bonds is 10. The fourth-order valence-corrected chi connectivity index (χ4v) is 3.51. The van der Waals surface area contributed by atoms with Crippen LogP contribution in [0.1, 0.15) is 43.7 Å². The van der Waals surface area contributed by atoms with Crippen LogP contribution in [-0.2, 0) is 17.7 Å². The minimum atomic E-state index is 0.692. The van der Waals surface area contributed by atoms with E-state index in [1.165, 1.54) is 35.0 Å². The lowest BCUT2D eigenvalue weighted by molar-refractivity contribution is 0.205. The Balaban J connectivity index is 2.05. The Kier molecular flexibility index (Phi) is 6.26. The summed E-state index contributed by atoms with van der Waals surface area (Å²) in [5, 5.41) is 4.68. The Morgan fingerprint density at radius 3 is 2.80 bits per heavy atom. The molecule has 2 rings (SSSR count). The second kappa shape index (κ2) is 7.96. The average Bonchev–Trinajstić information content (AvgIpc) is 3.21. The van der Waals surface area contributed by atoms with Crippen LogP contribution >= 0.6 is 11.3 Å². The number of ether oxygens (including phenoxy) is 1. The summed E-state index contributed by atoms with van der Waals surface area (Å²) in [6, 6.07) is 0.692. The first-order chi connectivity index (χ1) is 9.80. The third-order valence-corrected chi connectivity index (χ3v) is 4.72. The van der Waals surface area contributed by atoms with Crippen LogP contribution in [-0.4, -0.2) is 37.8 Å². The normalized spacial score (nSPS) is 14.8. The smallest absolute Gasteiger partial charge is 0.186 e. The molecule has 0 amide bonds. The van der Waals surface area contributed by atoms with Crippen molar-refractivity contribution in [2.75, 3.05) is 31.7 Å². The SMILES string of the molecule is CCCNCc1sc(N(CCOC)C2CC2)nc1CC. The van der Waals surface area contributed by atoms with Crippen LogP contribution in [0.5, 0.6) is 0 Å². The second-order valence-electron chi connectivity index (χ2n) is 5.31. The maximum Gasteiger partial charge on any atom is 0.186 e. The molecule has 1 heterocycles. The zero-order chi connectivity index (χ0) is 14.4. The highest BCUT2D eigenvalue weighted by atomic mass is 32.1. The molecule has 0 unspecified atom stereocenters. The fraction of sp³-hybridized carbons (Fsp3) is 0.800. The number of aromatic nitrogens is 1. The van der Waals surface area contributed by atoms with E-state index < -0.39 is 0 Å². The van der Waals surface area contributed by atoms with Gasteiger partial charge in [0.2, 0.25) is 0 Å². The molecule has 0 spiro atoms. The molecule has 1 aliphatic carbocycles. The van der Waals surface area contributed by atoms with Crippen molar-refractivity contribution < 1.29 is 4.74 Å². The predicted molar refractivity (Wildman–Crippen MR) is 85.7 cm³/mol. The number of methoxy groups -OCH3 is 1. The summed E-state index contributed by atoms with van der Waals surface area (Å²) in [6.07, 6.45) is 4.79. The van der Waals surface area contributed by atoms with E-state index in [0.29, 0.717) is 6.04 Å². The van der Waals surface area contributed by atoms with Gasteiger partial charge in [-0.1, -0.05) is 13.8 Å². The van der Waals surface area contributed by atoms with E-state index in [1.54, 1.807) is 7.11 Å². The van der Waals surface area contributed by atoms with Gasteiger partial charge in [-0.2, -0.15) is 0 Å². The minimum Gasteiger partial charge on any atom is -0.383 e. The van der Waals surface area contributed by atoms with Crippen molar-refractivity contribution in [1.29, 1.82) is 0 Å². The minimum absolute atomic E-state index is 0.692. The molecule has 1 aromatic heterocycles. The molecule has 1 saturated carbocycles. The monoisotopic (exact) mass is 297 g/mol. The molecule has 5 heteroatoms. The fourth-order valence-electron chi connectivity index (χ4n) is 2.30. The van der Waals surface area contributed by atoms with Gasteiger partial charge in [0.25, 0.3) is 0 Å². The molecule has 0 aliphatic heterocycles. The molecule has 0 radical (unpaired) electrons. The van der Waals surface area contributed by atoms with Crippen LogP contribution < -0.4 is 10.2 Å². The molecule has 0 saturated heterocycles. The lowest BCUT2D eigenvalue weighted by Crippen LogP contribution is -2.29. The highest BCUT2D eigenvalue weighted by Gasteiger charge is 2.31. The Bertz CT molecular complexity index is 404. The number of thiazole rings is 1. The Labute approximate surface area is 126 Å². The third-order valence-electron chi connectivity index (χ3n) is 3.58. The van der Waals surface area contributed by atoms with Crippen LogP contribution in [0, 0.1) is 0 Å². The van der Waals surface area contributed by atoms with Gasteiger partial charge in [-0.3, -0.25) is 0 Å². The number of nitrogens with one attached hydrogen (secondary N) is 1. The van der Waals surface area contributed by atoms with Crippen molar-refractivity contribution >= 4 is 16.5 Å². The van der Waals surface area contributed by atoms with Gasteiger partial charge in [-0.15, -0.1) is 11.3 Å². The summed E-state index contributed by atoms with van der Waals surface area (Å²) in [5.41, 5.74) is 1.26. The van der Waals surface area contributed by atoms with Gasteiger partial charge >= 0.3 is 0 Å². The summed E-state index contributed by atoms with van der Waals surface area (Å²) in [5.74, 6) is 0. The van der Waals surface area contributed by atoms with Crippen LogP contribution in [0.15, 0.2) is 0 Å². The molecule has 1 aliphatic rings. The summed E-state index contributed by atoms with van der Waals surface area (Å²) in [6.45, 7) is 8.16. The zero-order valence-electron chi connectivity index (χ0n) is 12.9. The summed E-state index contributed by atoms with van der Waals surface area (Å²) in [7, 11) is 1.77. The number of aryl methyl sites for hydroxylation is 1. The summed E-state index contributed by atoms with van der Waals surface area (Å²) < 4.78 is 5.24. The van der Waals surface area contributed by atoms with E-state index in [0.717, 1.165) is 32.7 Å². The topological polar surface area (TPSA) is 37.4 Å². The van der Waals surface area contributed by atoms with E-state index in [-0.39, 0.29) is 0 Å². The van der Waals surface area contributed by atoms with Crippen molar-refractivity contribution in [3.63, 3.8) is 0 Å². The van der Waals surface area contributed by atoms with E-state index in [2.05, 4.69) is 24.1 Å². The molecule has 114 valence electrons. The summed E-state index contributed by atoms with van der Waals surface area (Å²) >= 11 is 1.86. The first-order valence-corrected chi connectivity index (χ1v) is 8.56. The number of hydrogen-bond donors (Lipinski definition) is 1. The second-order valence-corrected chi connectivity index (χ2v) is 6.38. The van der Waals surface area contributed by atoms with E-state index in [1.807, 2.05) is 11.3 Å². The predicted octanol–water partition coefficient (Wildman–Crippen LogP) is 2.82. The largest absolute Gasteiger partial charge is 0.383 e. The molecule has 0 bridgehead atoms. The molecule has 1 N–H and O–H groups in total. The Hall–Kier alpha value is -0.650. The first-order valence-electron chi connectivity index (χ1n) is 7.75. The van der Waals surface area contributed by atoms with Crippen molar-refractivity contribution in [2.45, 2.75) is 52.1 Å². The average molecular weight is 297 g/mol. The molecule has 1 aromatic rings. The van der Waals surface area contributed by atoms with E-state index >= 15 is 0 Å². The molecular weight excluding hydrogens is 270 g/mol. The van der Waals surface area contributed by atoms with Crippen molar-refractivity contribution in [2.24, 2.45) is 0 Å². The van der Waals surface area contributed by atoms with Crippen LogP contribution in [0.25, 0.3) is 0 Å². The van der Waals surface area contributed by atoms with Gasteiger partial charge in [0.1, 0.15) is 0 Å². The van der Waals surface area contributed by atoms with Gasteiger partial charge < -0.3 is 15.0 Å². The van der Waals surface area contributed by atoms with E-state index in [4.69, 9.17) is 9.72 Å². The van der Waals surface area contributed by atoms with Crippen molar-refractivity contribution in [1.82, 2.24) is 10.3 Å². The van der Waals surface area contributed by atoms with E-state index in [9.17, 15) is 0 Å². The quantitative estimate of drug-likeness (QED) is 0.674. The molecule has 0 aromatic carbocycles. The highest BCUT2D eigenvalue weighted by molar-refractivity contribution is 7.15. The Morgan fingerprint density at radius 1 is 1.40 bits per heavy atom. The zero-order valence-corrected chi connectivity index (χ0v) is 13.8. The lowest BCUT2D eigenvalue weighted by atomic mass is 10.3. The molecule has 4 nitrogen and oxygen atoms in total. The Morgan fingerprint density at radius 2 is 2.20 bits per heavy atom. The van der Waals surface area contributed by atoms with Crippen molar-refractivity contribution in [3.8, 4) is 0 Å². The first kappa shape index (κ1) is 15.7. The maximum absolute atomic E-state index is 5.24. The molecular formula is C15H27N3OS. The molecule has 20 heavy (non-hydrogen) atoms. The van der Waals surface area contributed by atoms with Gasteiger partial charge in [0.15, 0.2) is 5.13 Å². The summed E-state index contributed by atoms with van der Waals surface area (Å²) in [4.78, 5) is 8.71. The molecule has 1 fully saturated rings. The van der Waals surface area contributed by atoms with Gasteiger partial charge in [0.05, 0.1) is 12.3 Å². The number of nitrogens with zero attached hydrogens (tertiary/aromatic N) is 2. The van der Waals surface area contributed by atoms with Crippen LogP contribution in [0.4, 0.5) is 5.13 Å². The van der Waals surface area contributed by atoms with Gasteiger partial charge in [0, 0.05) is 31.1 Å². The van der Waals surface area contributed by atoms with Crippen molar-refractivity contribution in [3.05, 3.63) is 10.6 Å². The van der Waals surface area contributed by atoms with Crippen LogP contribution in [0.3, 0.4) is 0 Å². The van der Waals surface area contributed by atoms with Crippen LogP contribution in [0.2, 0.25) is 0 Å². The van der Waals surface area contributed by atoms with Gasteiger partial charge in [-0.05, 0) is 32.2 Å². The molecule has 0 atom stereocenters. The standard InChI is InChI=1S/C15H27N3OS/c1-4-8-16-11-14-13(5-2)17-15(20-14)18(9-10-19-3)12-6-7-12/h12,16H,4-11H2,1-3H3. The lowest BCUT2D eigenvalue weighted by Gasteiger charge is -2.20. The number of hydrogen-bond acceptors (Lipinski definition) is 5.